The summed E-state index contributed by atoms with van der Waals surface area (Å²) < 4.78 is 0. The average molecular weight is 171 g/mol. The molecule has 3 nitrogen and oxygen atoms in total. The van der Waals surface area contributed by atoms with Gasteiger partial charge in [-0.25, -0.2) is 0 Å². The van der Waals surface area contributed by atoms with Gasteiger partial charge in [-0.15, -0.1) is 0 Å². The fourth-order valence-electron chi connectivity index (χ4n) is 1.49. The van der Waals surface area contributed by atoms with E-state index in [1.165, 1.54) is 0 Å². The summed E-state index contributed by atoms with van der Waals surface area (Å²) in [4.78, 5) is 12.9. The molecule has 0 aromatic rings. The lowest BCUT2D eigenvalue weighted by atomic mass is 9.86. The number of nitrogens with zero attached hydrogens (tertiary/aromatic N) is 1. The molecule has 0 aromatic carbocycles. The first-order valence-electron chi connectivity index (χ1n) is 4.49. The highest BCUT2D eigenvalue weighted by Gasteiger charge is 2.35. The van der Waals surface area contributed by atoms with E-state index in [9.17, 15) is 4.79 Å². The number of hydrogen-bond acceptors (Lipinski definition) is 2. The van der Waals surface area contributed by atoms with Crippen LogP contribution in [0.15, 0.2) is 0 Å². The molecule has 1 heterocycles. The number of likely N-dealkylation sites (tertiary alicyclic amines) is 1. The van der Waals surface area contributed by atoms with Crippen molar-refractivity contribution in [3.05, 3.63) is 0 Å². The molecule has 0 bridgehead atoms. The molecule has 1 aliphatic rings. The number of carboxylic acid groups (broad SMARTS) is 1. The number of rotatable bonds is 3. The smallest absolute Gasteiger partial charge is 0.306 e. The maximum atomic E-state index is 10.6. The van der Waals surface area contributed by atoms with Gasteiger partial charge in [0.15, 0.2) is 0 Å². The zero-order valence-corrected chi connectivity index (χ0v) is 7.95. The Morgan fingerprint density at radius 1 is 1.42 bits per heavy atom. The normalized spacial score (nSPS) is 22.3. The first-order chi connectivity index (χ1) is 5.52. The lowest BCUT2D eigenvalue weighted by molar-refractivity contribution is -0.145. The molecule has 12 heavy (non-hydrogen) atoms. The summed E-state index contributed by atoms with van der Waals surface area (Å²) in [5, 5.41) is 8.72. The fraction of sp³-hybridized carbons (Fsp3) is 0.889. The van der Waals surface area contributed by atoms with Gasteiger partial charge in [0, 0.05) is 19.1 Å². The topological polar surface area (TPSA) is 40.5 Å². The van der Waals surface area contributed by atoms with Gasteiger partial charge in [-0.2, -0.15) is 0 Å². The van der Waals surface area contributed by atoms with Crippen LogP contribution in [0.25, 0.3) is 0 Å². The molecule has 0 radical (unpaired) electrons. The largest absolute Gasteiger partial charge is 0.481 e. The highest BCUT2D eigenvalue weighted by Crippen LogP contribution is 2.25. The fourth-order valence-corrected chi connectivity index (χ4v) is 1.49. The Balaban J connectivity index is 2.29. The molecule has 1 fully saturated rings. The van der Waals surface area contributed by atoms with E-state index in [0.717, 1.165) is 13.1 Å². The van der Waals surface area contributed by atoms with Crippen LogP contribution in [-0.4, -0.2) is 35.1 Å². The van der Waals surface area contributed by atoms with Crippen LogP contribution in [0.2, 0.25) is 0 Å². The predicted molar refractivity (Wildman–Crippen MR) is 47.0 cm³/mol. The molecule has 1 unspecified atom stereocenters. The molecule has 0 saturated carbocycles. The number of carboxylic acids is 1. The minimum atomic E-state index is -0.664. The van der Waals surface area contributed by atoms with Gasteiger partial charge in [0.1, 0.15) is 0 Å². The van der Waals surface area contributed by atoms with E-state index in [-0.39, 0.29) is 5.92 Å². The molecule has 0 amide bonds. The SMILES string of the molecule is CC(C(=O)O)C1CN(C(C)C)C1. The summed E-state index contributed by atoms with van der Waals surface area (Å²) in [6.45, 7) is 7.98. The van der Waals surface area contributed by atoms with Crippen molar-refractivity contribution < 1.29 is 9.90 Å². The molecular formula is C9H17NO2. The quantitative estimate of drug-likeness (QED) is 0.690. The summed E-state index contributed by atoms with van der Waals surface area (Å²) in [6, 6.07) is 0.558. The van der Waals surface area contributed by atoms with Crippen molar-refractivity contribution >= 4 is 5.97 Å². The van der Waals surface area contributed by atoms with Gasteiger partial charge in [-0.1, -0.05) is 6.92 Å². The van der Waals surface area contributed by atoms with Crippen molar-refractivity contribution in [3.8, 4) is 0 Å². The molecule has 1 aliphatic heterocycles. The van der Waals surface area contributed by atoms with Crippen molar-refractivity contribution in [1.29, 1.82) is 0 Å². The molecule has 0 aromatic heterocycles. The van der Waals surface area contributed by atoms with Crippen molar-refractivity contribution in [2.45, 2.75) is 26.8 Å². The maximum Gasteiger partial charge on any atom is 0.306 e. The Kier molecular flexibility index (Phi) is 2.73. The molecule has 0 aliphatic carbocycles. The van der Waals surface area contributed by atoms with Gasteiger partial charge in [-0.05, 0) is 19.8 Å². The van der Waals surface area contributed by atoms with Crippen LogP contribution >= 0.6 is 0 Å². The highest BCUT2D eigenvalue weighted by molar-refractivity contribution is 5.70. The highest BCUT2D eigenvalue weighted by atomic mass is 16.4. The second kappa shape index (κ2) is 3.44. The van der Waals surface area contributed by atoms with Crippen LogP contribution in [0.1, 0.15) is 20.8 Å². The van der Waals surface area contributed by atoms with Crippen molar-refractivity contribution in [1.82, 2.24) is 4.90 Å². The van der Waals surface area contributed by atoms with Gasteiger partial charge in [-0.3, -0.25) is 4.79 Å². The van der Waals surface area contributed by atoms with Crippen LogP contribution in [0.3, 0.4) is 0 Å². The summed E-state index contributed by atoms with van der Waals surface area (Å²) in [7, 11) is 0. The summed E-state index contributed by atoms with van der Waals surface area (Å²) >= 11 is 0. The average Bonchev–Trinajstić information content (AvgIpc) is 1.82. The van der Waals surface area contributed by atoms with Crippen LogP contribution in [-0.2, 0) is 4.79 Å². The first-order valence-corrected chi connectivity index (χ1v) is 4.49. The van der Waals surface area contributed by atoms with E-state index < -0.39 is 5.97 Å². The zero-order valence-electron chi connectivity index (χ0n) is 7.95. The van der Waals surface area contributed by atoms with Gasteiger partial charge in [0.05, 0.1) is 5.92 Å². The summed E-state index contributed by atoms with van der Waals surface area (Å²) in [5.41, 5.74) is 0. The standard InChI is InChI=1S/C9H17NO2/c1-6(2)10-4-8(5-10)7(3)9(11)12/h6-8H,4-5H2,1-3H3,(H,11,12). The number of hydrogen-bond donors (Lipinski definition) is 1. The van der Waals surface area contributed by atoms with Crippen molar-refractivity contribution in [2.24, 2.45) is 11.8 Å². The molecule has 70 valence electrons. The molecule has 1 atom stereocenters. The van der Waals surface area contributed by atoms with Crippen molar-refractivity contribution in [3.63, 3.8) is 0 Å². The third kappa shape index (κ3) is 1.78. The van der Waals surface area contributed by atoms with Gasteiger partial charge in [0.2, 0.25) is 0 Å². The van der Waals surface area contributed by atoms with Gasteiger partial charge >= 0.3 is 5.97 Å². The Labute approximate surface area is 73.4 Å². The third-order valence-corrected chi connectivity index (χ3v) is 2.76. The van der Waals surface area contributed by atoms with Crippen LogP contribution in [0.5, 0.6) is 0 Å². The van der Waals surface area contributed by atoms with E-state index in [4.69, 9.17) is 5.11 Å². The molecule has 1 rings (SSSR count). The summed E-state index contributed by atoms with van der Waals surface area (Å²) in [5.74, 6) is -0.478. The number of aliphatic carboxylic acids is 1. The Morgan fingerprint density at radius 3 is 2.25 bits per heavy atom. The molecule has 1 saturated heterocycles. The molecular weight excluding hydrogens is 154 g/mol. The molecule has 3 heteroatoms. The third-order valence-electron chi connectivity index (χ3n) is 2.76. The zero-order chi connectivity index (χ0) is 9.30. The minimum absolute atomic E-state index is 0.181. The monoisotopic (exact) mass is 171 g/mol. The van der Waals surface area contributed by atoms with Crippen LogP contribution in [0, 0.1) is 11.8 Å². The molecule has 1 N–H and O–H groups in total. The Bertz CT molecular complexity index is 173. The second-order valence-corrected chi connectivity index (χ2v) is 3.93. The lowest BCUT2D eigenvalue weighted by Crippen LogP contribution is -2.53. The summed E-state index contributed by atoms with van der Waals surface area (Å²) in [6.07, 6.45) is 0. The van der Waals surface area contributed by atoms with E-state index in [1.54, 1.807) is 6.92 Å². The van der Waals surface area contributed by atoms with E-state index >= 15 is 0 Å². The van der Waals surface area contributed by atoms with Gasteiger partial charge in [0.25, 0.3) is 0 Å². The molecule has 0 spiro atoms. The number of carbonyl (C=O) groups is 1. The Morgan fingerprint density at radius 2 is 1.92 bits per heavy atom. The van der Waals surface area contributed by atoms with E-state index in [1.807, 2.05) is 0 Å². The van der Waals surface area contributed by atoms with Crippen LogP contribution < -0.4 is 0 Å². The second-order valence-electron chi connectivity index (χ2n) is 3.93. The first kappa shape index (κ1) is 9.52. The Hall–Kier alpha value is -0.570. The van der Waals surface area contributed by atoms with Gasteiger partial charge < -0.3 is 10.0 Å². The van der Waals surface area contributed by atoms with Crippen LogP contribution in [0.4, 0.5) is 0 Å². The maximum absolute atomic E-state index is 10.6. The van der Waals surface area contributed by atoms with E-state index in [2.05, 4.69) is 18.7 Å². The van der Waals surface area contributed by atoms with Crippen molar-refractivity contribution in [2.75, 3.05) is 13.1 Å². The van der Waals surface area contributed by atoms with E-state index in [0.29, 0.717) is 12.0 Å². The predicted octanol–water partition coefficient (Wildman–Crippen LogP) is 1.05. The minimum Gasteiger partial charge on any atom is -0.481 e. The lowest BCUT2D eigenvalue weighted by Gasteiger charge is -2.43.